The first kappa shape index (κ1) is 15.0. The van der Waals surface area contributed by atoms with Gasteiger partial charge >= 0.3 is 5.97 Å². The Balaban J connectivity index is 1.56. The number of piperazine rings is 1. The van der Waals surface area contributed by atoms with Gasteiger partial charge in [-0.05, 0) is 19.1 Å². The molecule has 1 saturated heterocycles. The van der Waals surface area contributed by atoms with Gasteiger partial charge in [-0.2, -0.15) is 0 Å². The van der Waals surface area contributed by atoms with Crippen LogP contribution in [-0.2, 0) is 16.1 Å². The molecule has 3 heterocycles. The number of carbonyl (C=O) groups is 1. The molecule has 2 aromatic heterocycles. The number of fused-ring (bicyclic) bond motifs is 1. The second kappa shape index (κ2) is 6.46. The van der Waals surface area contributed by atoms with E-state index >= 15 is 0 Å². The highest BCUT2D eigenvalue weighted by Gasteiger charge is 2.26. The second-order valence-electron chi connectivity index (χ2n) is 5.71. The smallest absolute Gasteiger partial charge is 0.322 e. The number of nitrogens with zero attached hydrogens (tertiary/aromatic N) is 4. The van der Waals surface area contributed by atoms with Crippen LogP contribution in [0.3, 0.4) is 0 Å². The molecule has 6 heteroatoms. The highest BCUT2D eigenvalue weighted by molar-refractivity contribution is 5.75. The molecule has 1 fully saturated rings. The van der Waals surface area contributed by atoms with Crippen molar-refractivity contribution in [2.75, 3.05) is 33.3 Å². The Morgan fingerprint density at radius 3 is 2.77 bits per heavy atom. The normalized spacial score (nSPS) is 18.5. The molecule has 0 bridgehead atoms. The first-order valence-electron chi connectivity index (χ1n) is 7.64. The molecule has 118 valence electrons. The molecule has 3 rings (SSSR count). The molecule has 0 saturated carbocycles. The lowest BCUT2D eigenvalue weighted by molar-refractivity contribution is -0.147. The van der Waals surface area contributed by atoms with Gasteiger partial charge in [0.25, 0.3) is 0 Å². The summed E-state index contributed by atoms with van der Waals surface area (Å²) in [5.41, 5.74) is 2.07. The molecule has 0 radical (unpaired) electrons. The third-order valence-corrected chi connectivity index (χ3v) is 4.30. The monoisotopic (exact) mass is 302 g/mol. The highest BCUT2D eigenvalue weighted by atomic mass is 16.5. The van der Waals surface area contributed by atoms with Gasteiger partial charge in [-0.1, -0.05) is 6.07 Å². The standard InChI is InChI=1S/C16H22N4O2/c1-13(16(21)22-2)19-9-7-18(8-10-19)11-14-12-20-6-4-3-5-15(20)17-14/h3-6,12-13H,7-11H2,1-2H3/t13-/m0/s1. The first-order chi connectivity index (χ1) is 10.7. The SMILES string of the molecule is COC(=O)[C@H](C)N1CCN(Cc2cn3ccccc3n2)CC1. The van der Waals surface area contributed by atoms with Crippen molar-refractivity contribution in [3.05, 3.63) is 36.3 Å². The van der Waals surface area contributed by atoms with Crippen LogP contribution in [0.1, 0.15) is 12.6 Å². The number of esters is 1. The van der Waals surface area contributed by atoms with E-state index < -0.39 is 0 Å². The highest BCUT2D eigenvalue weighted by Crippen LogP contribution is 2.12. The van der Waals surface area contributed by atoms with E-state index in [2.05, 4.69) is 21.0 Å². The molecule has 0 aromatic carbocycles. The van der Waals surface area contributed by atoms with E-state index in [1.807, 2.05) is 35.7 Å². The molecule has 22 heavy (non-hydrogen) atoms. The predicted molar refractivity (Wildman–Crippen MR) is 83.5 cm³/mol. The zero-order valence-corrected chi connectivity index (χ0v) is 13.1. The lowest BCUT2D eigenvalue weighted by Crippen LogP contribution is -2.51. The molecule has 0 N–H and O–H groups in total. The van der Waals surface area contributed by atoms with Gasteiger partial charge in [0, 0.05) is 45.1 Å². The van der Waals surface area contributed by atoms with E-state index in [1.165, 1.54) is 7.11 Å². The number of aromatic nitrogens is 2. The van der Waals surface area contributed by atoms with Crippen molar-refractivity contribution in [3.8, 4) is 0 Å². The van der Waals surface area contributed by atoms with Gasteiger partial charge in [-0.3, -0.25) is 14.6 Å². The van der Waals surface area contributed by atoms with Crippen molar-refractivity contribution >= 4 is 11.6 Å². The van der Waals surface area contributed by atoms with Gasteiger partial charge in [0.2, 0.25) is 0 Å². The fourth-order valence-corrected chi connectivity index (χ4v) is 2.92. The Bertz CT molecular complexity index is 613. The van der Waals surface area contributed by atoms with E-state index in [0.29, 0.717) is 0 Å². The van der Waals surface area contributed by atoms with Crippen molar-refractivity contribution < 1.29 is 9.53 Å². The molecular formula is C16H22N4O2. The van der Waals surface area contributed by atoms with Crippen molar-refractivity contribution in [2.24, 2.45) is 0 Å². The van der Waals surface area contributed by atoms with E-state index in [-0.39, 0.29) is 12.0 Å². The molecule has 0 unspecified atom stereocenters. The van der Waals surface area contributed by atoms with Crippen molar-refractivity contribution in [1.82, 2.24) is 19.2 Å². The molecule has 0 spiro atoms. The van der Waals surface area contributed by atoms with E-state index in [0.717, 1.165) is 44.1 Å². The molecule has 0 aliphatic carbocycles. The minimum Gasteiger partial charge on any atom is -0.468 e. The van der Waals surface area contributed by atoms with Crippen LogP contribution >= 0.6 is 0 Å². The van der Waals surface area contributed by atoms with Gasteiger partial charge in [0.1, 0.15) is 11.7 Å². The number of methoxy groups -OCH3 is 1. The van der Waals surface area contributed by atoms with E-state index in [1.54, 1.807) is 0 Å². The van der Waals surface area contributed by atoms with Crippen molar-refractivity contribution in [1.29, 1.82) is 0 Å². The summed E-state index contributed by atoms with van der Waals surface area (Å²) < 4.78 is 6.86. The third kappa shape index (κ3) is 3.13. The average molecular weight is 302 g/mol. The van der Waals surface area contributed by atoms with E-state index in [4.69, 9.17) is 4.74 Å². The summed E-state index contributed by atoms with van der Waals surface area (Å²) in [5.74, 6) is -0.159. The van der Waals surface area contributed by atoms with Crippen molar-refractivity contribution in [2.45, 2.75) is 19.5 Å². The van der Waals surface area contributed by atoms with Crippen LogP contribution in [0.4, 0.5) is 0 Å². The summed E-state index contributed by atoms with van der Waals surface area (Å²) in [7, 11) is 1.44. The Morgan fingerprint density at radius 1 is 1.32 bits per heavy atom. The summed E-state index contributed by atoms with van der Waals surface area (Å²) in [6, 6.07) is 5.85. The Kier molecular flexibility index (Phi) is 4.40. The van der Waals surface area contributed by atoms with Crippen LogP contribution in [0.25, 0.3) is 5.65 Å². The number of hydrogen-bond acceptors (Lipinski definition) is 5. The third-order valence-electron chi connectivity index (χ3n) is 4.30. The number of pyridine rings is 1. The van der Waals surface area contributed by atoms with Crippen molar-refractivity contribution in [3.63, 3.8) is 0 Å². The maximum atomic E-state index is 11.6. The maximum Gasteiger partial charge on any atom is 0.322 e. The molecular weight excluding hydrogens is 280 g/mol. The number of rotatable bonds is 4. The molecule has 6 nitrogen and oxygen atoms in total. The summed E-state index contributed by atoms with van der Waals surface area (Å²) in [4.78, 5) is 20.8. The van der Waals surface area contributed by atoms with Gasteiger partial charge in [-0.15, -0.1) is 0 Å². The summed E-state index contributed by atoms with van der Waals surface area (Å²) >= 11 is 0. The largest absolute Gasteiger partial charge is 0.468 e. The molecule has 0 amide bonds. The topological polar surface area (TPSA) is 50.1 Å². The Hall–Kier alpha value is -1.92. The van der Waals surface area contributed by atoms with Crippen LogP contribution in [0.5, 0.6) is 0 Å². The average Bonchev–Trinajstić information content (AvgIpc) is 2.96. The molecule has 1 aliphatic heterocycles. The van der Waals surface area contributed by atoms with Gasteiger partial charge in [0.15, 0.2) is 0 Å². The fraction of sp³-hybridized carbons (Fsp3) is 0.500. The zero-order chi connectivity index (χ0) is 15.5. The number of ether oxygens (including phenoxy) is 1. The lowest BCUT2D eigenvalue weighted by Gasteiger charge is -2.36. The number of hydrogen-bond donors (Lipinski definition) is 0. The Morgan fingerprint density at radius 2 is 2.09 bits per heavy atom. The van der Waals surface area contributed by atoms with Gasteiger partial charge in [0.05, 0.1) is 12.8 Å². The van der Waals surface area contributed by atoms with Crippen LogP contribution < -0.4 is 0 Å². The minimum absolute atomic E-state index is 0.159. The van der Waals surface area contributed by atoms with Crippen LogP contribution in [-0.4, -0.2) is 64.5 Å². The first-order valence-corrected chi connectivity index (χ1v) is 7.64. The van der Waals surface area contributed by atoms with Crippen LogP contribution in [0.2, 0.25) is 0 Å². The molecule has 2 aromatic rings. The van der Waals surface area contributed by atoms with E-state index in [9.17, 15) is 4.79 Å². The Labute approximate surface area is 130 Å². The summed E-state index contributed by atoms with van der Waals surface area (Å²) in [6.07, 6.45) is 4.10. The molecule has 1 atom stereocenters. The van der Waals surface area contributed by atoms with Gasteiger partial charge < -0.3 is 9.14 Å². The van der Waals surface area contributed by atoms with Crippen LogP contribution in [0, 0.1) is 0 Å². The zero-order valence-electron chi connectivity index (χ0n) is 13.1. The summed E-state index contributed by atoms with van der Waals surface area (Å²) in [5, 5.41) is 0. The second-order valence-corrected chi connectivity index (χ2v) is 5.71. The number of carbonyl (C=O) groups excluding carboxylic acids is 1. The van der Waals surface area contributed by atoms with Crippen LogP contribution in [0.15, 0.2) is 30.6 Å². The molecule has 1 aliphatic rings. The minimum atomic E-state index is -0.164. The number of imidazole rings is 1. The van der Waals surface area contributed by atoms with Gasteiger partial charge in [-0.25, -0.2) is 4.98 Å². The maximum absolute atomic E-state index is 11.6. The fourth-order valence-electron chi connectivity index (χ4n) is 2.92. The summed E-state index contributed by atoms with van der Waals surface area (Å²) in [6.45, 7) is 6.39. The quantitative estimate of drug-likeness (QED) is 0.789. The lowest BCUT2D eigenvalue weighted by atomic mass is 10.2. The predicted octanol–water partition coefficient (Wildman–Crippen LogP) is 1.01.